The van der Waals surface area contributed by atoms with E-state index in [2.05, 4.69) is 30.9 Å². The van der Waals surface area contributed by atoms with Crippen LogP contribution < -0.4 is 0 Å². The molecule has 0 saturated carbocycles. The zero-order valence-electron chi connectivity index (χ0n) is 7.71. The minimum absolute atomic E-state index is 0.493. The highest BCUT2D eigenvalue weighted by atomic mass is 79.9. The third-order valence-electron chi connectivity index (χ3n) is 1.89. The maximum atomic E-state index is 9.90. The van der Waals surface area contributed by atoms with E-state index in [9.17, 15) is 5.11 Å². The zero-order valence-corrected chi connectivity index (χ0v) is 9.29. The van der Waals surface area contributed by atoms with Crippen molar-refractivity contribution in [2.45, 2.75) is 6.10 Å². The fourth-order valence-electron chi connectivity index (χ4n) is 1.15. The summed E-state index contributed by atoms with van der Waals surface area (Å²) in [6.07, 6.45) is 5.43. The van der Waals surface area contributed by atoms with Gasteiger partial charge >= 0.3 is 0 Å². The maximum Gasteiger partial charge on any atom is 0.139 e. The minimum Gasteiger partial charge on any atom is -0.380 e. The molecule has 0 aromatic carbocycles. The van der Waals surface area contributed by atoms with Crippen LogP contribution in [0, 0.1) is 0 Å². The Kier molecular flexibility index (Phi) is 3.03. The average molecular weight is 266 g/mol. The monoisotopic (exact) mass is 265 g/mol. The molecule has 0 bridgehead atoms. The standard InChI is InChI=1S/C10H8BrN3O/c11-7-1-2-8(14-5-7)10(15)9-6-12-3-4-13-9/h1-6,10,15H. The lowest BCUT2D eigenvalue weighted by atomic mass is 10.2. The molecule has 0 radical (unpaired) electrons. The van der Waals surface area contributed by atoms with E-state index < -0.39 is 6.10 Å². The second-order valence-corrected chi connectivity index (χ2v) is 3.85. The Morgan fingerprint density at radius 1 is 1.07 bits per heavy atom. The van der Waals surface area contributed by atoms with E-state index in [0.29, 0.717) is 11.4 Å². The van der Waals surface area contributed by atoms with Gasteiger partial charge in [0.2, 0.25) is 0 Å². The van der Waals surface area contributed by atoms with Crippen LogP contribution in [0.1, 0.15) is 17.5 Å². The van der Waals surface area contributed by atoms with E-state index in [1.807, 2.05) is 6.07 Å². The maximum absolute atomic E-state index is 9.90. The van der Waals surface area contributed by atoms with Gasteiger partial charge < -0.3 is 5.11 Å². The fourth-order valence-corrected chi connectivity index (χ4v) is 1.39. The summed E-state index contributed by atoms with van der Waals surface area (Å²) in [5, 5.41) is 9.90. The normalized spacial score (nSPS) is 12.4. The van der Waals surface area contributed by atoms with Gasteiger partial charge in [0.25, 0.3) is 0 Å². The van der Waals surface area contributed by atoms with Crippen molar-refractivity contribution in [1.29, 1.82) is 0 Å². The van der Waals surface area contributed by atoms with Crippen LogP contribution in [-0.2, 0) is 0 Å². The number of hydrogen-bond acceptors (Lipinski definition) is 4. The molecule has 2 aromatic rings. The van der Waals surface area contributed by atoms with E-state index in [1.54, 1.807) is 18.5 Å². The summed E-state index contributed by atoms with van der Waals surface area (Å²) in [5.74, 6) is 0. The van der Waals surface area contributed by atoms with E-state index in [1.165, 1.54) is 12.4 Å². The molecular formula is C10H8BrN3O. The van der Waals surface area contributed by atoms with Crippen LogP contribution in [0.5, 0.6) is 0 Å². The van der Waals surface area contributed by atoms with Crippen LogP contribution in [0.25, 0.3) is 0 Å². The first-order chi connectivity index (χ1) is 7.27. The van der Waals surface area contributed by atoms with Gasteiger partial charge in [0.05, 0.1) is 17.6 Å². The van der Waals surface area contributed by atoms with Crippen molar-refractivity contribution in [2.75, 3.05) is 0 Å². The highest BCUT2D eigenvalue weighted by molar-refractivity contribution is 9.10. The molecule has 5 heteroatoms. The van der Waals surface area contributed by atoms with Crippen molar-refractivity contribution in [3.05, 3.63) is 52.8 Å². The Morgan fingerprint density at radius 2 is 1.93 bits per heavy atom. The molecule has 15 heavy (non-hydrogen) atoms. The van der Waals surface area contributed by atoms with Crippen molar-refractivity contribution in [3.63, 3.8) is 0 Å². The van der Waals surface area contributed by atoms with Gasteiger partial charge in [-0.1, -0.05) is 0 Å². The smallest absolute Gasteiger partial charge is 0.139 e. The molecule has 2 aromatic heterocycles. The first-order valence-electron chi connectivity index (χ1n) is 4.33. The van der Waals surface area contributed by atoms with Gasteiger partial charge in [-0.05, 0) is 28.1 Å². The summed E-state index contributed by atoms with van der Waals surface area (Å²) in [5.41, 5.74) is 1.05. The second kappa shape index (κ2) is 4.46. The van der Waals surface area contributed by atoms with Crippen LogP contribution >= 0.6 is 15.9 Å². The summed E-state index contributed by atoms with van der Waals surface area (Å²) < 4.78 is 0.873. The van der Waals surface area contributed by atoms with Gasteiger partial charge in [-0.2, -0.15) is 0 Å². The van der Waals surface area contributed by atoms with E-state index in [-0.39, 0.29) is 0 Å². The number of aliphatic hydroxyl groups is 1. The van der Waals surface area contributed by atoms with Crippen LogP contribution in [0.3, 0.4) is 0 Å². The molecule has 0 spiro atoms. The lowest BCUT2D eigenvalue weighted by molar-refractivity contribution is 0.210. The number of aliphatic hydroxyl groups excluding tert-OH is 1. The van der Waals surface area contributed by atoms with Gasteiger partial charge in [0.1, 0.15) is 6.10 Å². The molecule has 2 rings (SSSR count). The summed E-state index contributed by atoms with van der Waals surface area (Å²) in [6.45, 7) is 0. The number of pyridine rings is 1. The van der Waals surface area contributed by atoms with Crippen molar-refractivity contribution >= 4 is 15.9 Å². The molecule has 0 saturated heterocycles. The van der Waals surface area contributed by atoms with Crippen molar-refractivity contribution < 1.29 is 5.11 Å². The Labute approximate surface area is 95.2 Å². The first-order valence-corrected chi connectivity index (χ1v) is 5.12. The molecule has 1 N–H and O–H groups in total. The molecule has 2 heterocycles. The Bertz CT molecular complexity index is 432. The van der Waals surface area contributed by atoms with Crippen LogP contribution in [0.4, 0.5) is 0 Å². The summed E-state index contributed by atoms with van der Waals surface area (Å²) >= 11 is 3.28. The predicted octanol–water partition coefficient (Wildman–Crippen LogP) is 1.72. The third kappa shape index (κ3) is 2.37. The number of hydrogen-bond donors (Lipinski definition) is 1. The highest BCUT2D eigenvalue weighted by Gasteiger charge is 2.12. The van der Waals surface area contributed by atoms with Crippen molar-refractivity contribution in [2.24, 2.45) is 0 Å². The quantitative estimate of drug-likeness (QED) is 0.899. The Balaban J connectivity index is 2.29. The number of nitrogens with zero attached hydrogens (tertiary/aromatic N) is 3. The average Bonchev–Trinajstić information content (AvgIpc) is 2.30. The lowest BCUT2D eigenvalue weighted by Gasteiger charge is -2.08. The van der Waals surface area contributed by atoms with Crippen LogP contribution in [0.15, 0.2) is 41.4 Å². The molecule has 0 amide bonds. The Morgan fingerprint density at radius 3 is 2.53 bits per heavy atom. The molecule has 1 atom stereocenters. The van der Waals surface area contributed by atoms with E-state index >= 15 is 0 Å². The number of aromatic nitrogens is 3. The van der Waals surface area contributed by atoms with Gasteiger partial charge in [0, 0.05) is 23.1 Å². The minimum atomic E-state index is -0.827. The van der Waals surface area contributed by atoms with Gasteiger partial charge in [-0.3, -0.25) is 15.0 Å². The van der Waals surface area contributed by atoms with Gasteiger partial charge in [-0.25, -0.2) is 0 Å². The zero-order chi connectivity index (χ0) is 10.7. The molecule has 0 fully saturated rings. The van der Waals surface area contributed by atoms with Crippen molar-refractivity contribution in [1.82, 2.24) is 15.0 Å². The fraction of sp³-hybridized carbons (Fsp3) is 0.100. The van der Waals surface area contributed by atoms with Gasteiger partial charge in [0.15, 0.2) is 0 Å². The second-order valence-electron chi connectivity index (χ2n) is 2.93. The lowest BCUT2D eigenvalue weighted by Crippen LogP contribution is -2.04. The molecule has 0 aliphatic heterocycles. The molecule has 4 nitrogen and oxygen atoms in total. The van der Waals surface area contributed by atoms with E-state index in [4.69, 9.17) is 0 Å². The molecule has 76 valence electrons. The van der Waals surface area contributed by atoms with Crippen molar-refractivity contribution in [3.8, 4) is 0 Å². The summed E-state index contributed by atoms with van der Waals surface area (Å²) in [6, 6.07) is 3.56. The highest BCUT2D eigenvalue weighted by Crippen LogP contribution is 2.18. The van der Waals surface area contributed by atoms with Crippen LogP contribution in [0.2, 0.25) is 0 Å². The summed E-state index contributed by atoms with van der Waals surface area (Å²) in [7, 11) is 0. The van der Waals surface area contributed by atoms with Gasteiger partial charge in [-0.15, -0.1) is 0 Å². The number of rotatable bonds is 2. The SMILES string of the molecule is OC(c1ccc(Br)cn1)c1cnccn1. The molecular weight excluding hydrogens is 258 g/mol. The molecule has 1 unspecified atom stereocenters. The Hall–Kier alpha value is -1.33. The predicted molar refractivity (Wildman–Crippen MR) is 58.0 cm³/mol. The number of halogens is 1. The first kappa shape index (κ1) is 10.2. The van der Waals surface area contributed by atoms with Crippen LogP contribution in [-0.4, -0.2) is 20.1 Å². The third-order valence-corrected chi connectivity index (χ3v) is 2.36. The molecule has 0 aliphatic carbocycles. The molecule has 0 aliphatic rings. The summed E-state index contributed by atoms with van der Waals surface area (Å²) in [4.78, 5) is 12.0. The van der Waals surface area contributed by atoms with E-state index in [0.717, 1.165) is 4.47 Å². The largest absolute Gasteiger partial charge is 0.380 e. The topological polar surface area (TPSA) is 58.9 Å².